The predicted molar refractivity (Wildman–Crippen MR) is 83.4 cm³/mol. The van der Waals surface area contributed by atoms with E-state index in [1.807, 2.05) is 0 Å². The van der Waals surface area contributed by atoms with E-state index < -0.39 is 0 Å². The maximum Gasteiger partial charge on any atom is 0.223 e. The molecule has 116 valence electrons. The molecule has 1 saturated heterocycles. The second kappa shape index (κ2) is 6.93. The molecule has 0 spiro atoms. The Morgan fingerprint density at radius 3 is 2.50 bits per heavy atom. The summed E-state index contributed by atoms with van der Waals surface area (Å²) in [6.45, 7) is 6.11. The van der Waals surface area contributed by atoms with Gasteiger partial charge in [-0.15, -0.1) is 0 Å². The molecule has 3 nitrogen and oxygen atoms in total. The summed E-state index contributed by atoms with van der Waals surface area (Å²) in [6.07, 6.45) is 10.5. The van der Waals surface area contributed by atoms with Crippen LogP contribution in [0.1, 0.15) is 71.6 Å². The maximum absolute atomic E-state index is 12.8. The number of carbonyl (C=O) groups is 1. The zero-order valence-corrected chi connectivity index (χ0v) is 13.4. The topological polar surface area (TPSA) is 46.3 Å². The van der Waals surface area contributed by atoms with Gasteiger partial charge in [0.2, 0.25) is 5.91 Å². The normalized spacial score (nSPS) is 30.9. The van der Waals surface area contributed by atoms with Gasteiger partial charge in [0, 0.05) is 19.0 Å². The highest BCUT2D eigenvalue weighted by Crippen LogP contribution is 2.39. The summed E-state index contributed by atoms with van der Waals surface area (Å²) in [5.74, 6) is 1.00. The molecule has 1 aliphatic heterocycles. The first-order valence-corrected chi connectivity index (χ1v) is 8.56. The first-order valence-electron chi connectivity index (χ1n) is 8.56. The van der Waals surface area contributed by atoms with Crippen LogP contribution in [0.2, 0.25) is 0 Å². The summed E-state index contributed by atoms with van der Waals surface area (Å²) < 4.78 is 0. The largest absolute Gasteiger partial charge is 0.340 e. The Bertz CT molecular complexity index is 323. The van der Waals surface area contributed by atoms with E-state index in [0.29, 0.717) is 30.8 Å². The predicted octanol–water partition coefficient (Wildman–Crippen LogP) is 3.32. The third-order valence-electron chi connectivity index (χ3n) is 5.55. The highest BCUT2D eigenvalue weighted by molar-refractivity contribution is 5.77. The first kappa shape index (κ1) is 15.8. The van der Waals surface area contributed by atoms with Crippen molar-refractivity contribution < 1.29 is 4.79 Å². The van der Waals surface area contributed by atoms with Crippen molar-refractivity contribution in [2.45, 2.75) is 77.7 Å². The van der Waals surface area contributed by atoms with Crippen LogP contribution in [0.15, 0.2) is 0 Å². The molecule has 3 heteroatoms. The molecule has 0 aromatic carbocycles. The Labute approximate surface area is 124 Å². The quantitative estimate of drug-likeness (QED) is 0.862. The third-order valence-corrected chi connectivity index (χ3v) is 5.55. The van der Waals surface area contributed by atoms with E-state index in [9.17, 15) is 4.79 Å². The molecule has 2 unspecified atom stereocenters. The van der Waals surface area contributed by atoms with Gasteiger partial charge in [-0.1, -0.05) is 32.6 Å². The van der Waals surface area contributed by atoms with Crippen molar-refractivity contribution in [2.75, 3.05) is 13.1 Å². The van der Waals surface area contributed by atoms with E-state index >= 15 is 0 Å². The molecule has 1 amide bonds. The zero-order chi connectivity index (χ0) is 14.6. The van der Waals surface area contributed by atoms with Crippen molar-refractivity contribution in [2.24, 2.45) is 17.1 Å². The second-order valence-corrected chi connectivity index (χ2v) is 7.37. The van der Waals surface area contributed by atoms with Crippen molar-refractivity contribution >= 4 is 5.91 Å². The van der Waals surface area contributed by atoms with Gasteiger partial charge in [0.25, 0.3) is 0 Å². The molecule has 1 heterocycles. The molecule has 2 atom stereocenters. The van der Waals surface area contributed by atoms with Crippen molar-refractivity contribution in [3.05, 3.63) is 0 Å². The zero-order valence-electron chi connectivity index (χ0n) is 13.4. The number of hydrogen-bond donors (Lipinski definition) is 1. The molecule has 2 N–H and O–H groups in total. The highest BCUT2D eigenvalue weighted by Gasteiger charge is 2.36. The molecule has 2 aliphatic rings. The molecule has 0 radical (unpaired) electrons. The average Bonchev–Trinajstić information content (AvgIpc) is 2.61. The fourth-order valence-corrected chi connectivity index (χ4v) is 4.05. The number of amides is 1. The standard InChI is InChI=1S/C17H32N2O/c1-14-7-6-8-15(2)19(12-14)16(20)11-17(13-18)9-4-3-5-10-17/h14-15H,3-13,18H2,1-2H3. The summed E-state index contributed by atoms with van der Waals surface area (Å²) in [5.41, 5.74) is 6.14. The summed E-state index contributed by atoms with van der Waals surface area (Å²) in [4.78, 5) is 15.0. The van der Waals surface area contributed by atoms with Gasteiger partial charge in [0.15, 0.2) is 0 Å². The van der Waals surface area contributed by atoms with Crippen LogP contribution in [-0.4, -0.2) is 29.9 Å². The van der Waals surface area contributed by atoms with Gasteiger partial charge < -0.3 is 10.6 Å². The van der Waals surface area contributed by atoms with Gasteiger partial charge in [-0.2, -0.15) is 0 Å². The molecule has 2 rings (SSSR count). The van der Waals surface area contributed by atoms with Crippen molar-refractivity contribution in [3.63, 3.8) is 0 Å². The lowest BCUT2D eigenvalue weighted by molar-refractivity contribution is -0.136. The van der Waals surface area contributed by atoms with Crippen molar-refractivity contribution in [3.8, 4) is 0 Å². The van der Waals surface area contributed by atoms with Crippen LogP contribution in [0.3, 0.4) is 0 Å². The summed E-state index contributed by atoms with van der Waals surface area (Å²) >= 11 is 0. The number of nitrogens with two attached hydrogens (primary N) is 1. The molecule has 0 aromatic rings. The van der Waals surface area contributed by atoms with E-state index in [1.165, 1.54) is 32.1 Å². The number of likely N-dealkylation sites (tertiary alicyclic amines) is 1. The monoisotopic (exact) mass is 280 g/mol. The minimum atomic E-state index is 0.102. The highest BCUT2D eigenvalue weighted by atomic mass is 16.2. The van der Waals surface area contributed by atoms with Crippen LogP contribution in [0.25, 0.3) is 0 Å². The fraction of sp³-hybridized carbons (Fsp3) is 0.941. The van der Waals surface area contributed by atoms with Crippen molar-refractivity contribution in [1.29, 1.82) is 0 Å². The van der Waals surface area contributed by atoms with Crippen LogP contribution in [0.5, 0.6) is 0 Å². The summed E-state index contributed by atoms with van der Waals surface area (Å²) in [7, 11) is 0. The van der Waals surface area contributed by atoms with Crippen LogP contribution in [0.4, 0.5) is 0 Å². The van der Waals surface area contributed by atoms with E-state index in [2.05, 4.69) is 18.7 Å². The van der Waals surface area contributed by atoms with Crippen molar-refractivity contribution in [1.82, 2.24) is 4.90 Å². The molecular formula is C17H32N2O. The van der Waals surface area contributed by atoms with Gasteiger partial charge in [0.05, 0.1) is 0 Å². The Morgan fingerprint density at radius 1 is 1.15 bits per heavy atom. The molecule has 2 fully saturated rings. The van der Waals surface area contributed by atoms with E-state index in [0.717, 1.165) is 25.8 Å². The van der Waals surface area contributed by atoms with Gasteiger partial charge in [-0.25, -0.2) is 0 Å². The lowest BCUT2D eigenvalue weighted by atomic mass is 9.71. The minimum absolute atomic E-state index is 0.102. The smallest absolute Gasteiger partial charge is 0.223 e. The number of nitrogens with zero attached hydrogens (tertiary/aromatic N) is 1. The van der Waals surface area contributed by atoms with Gasteiger partial charge in [-0.3, -0.25) is 4.79 Å². The molecule has 0 aromatic heterocycles. The fourth-order valence-electron chi connectivity index (χ4n) is 4.05. The van der Waals surface area contributed by atoms with Crippen LogP contribution in [0, 0.1) is 11.3 Å². The lowest BCUT2D eigenvalue weighted by Gasteiger charge is -2.38. The Balaban J connectivity index is 2.01. The summed E-state index contributed by atoms with van der Waals surface area (Å²) in [6, 6.07) is 0.408. The minimum Gasteiger partial charge on any atom is -0.340 e. The van der Waals surface area contributed by atoms with Crippen LogP contribution >= 0.6 is 0 Å². The van der Waals surface area contributed by atoms with Crippen LogP contribution in [-0.2, 0) is 4.79 Å². The molecule has 1 saturated carbocycles. The van der Waals surface area contributed by atoms with Gasteiger partial charge in [0.1, 0.15) is 0 Å². The number of rotatable bonds is 3. The van der Waals surface area contributed by atoms with Gasteiger partial charge in [-0.05, 0) is 50.5 Å². The summed E-state index contributed by atoms with van der Waals surface area (Å²) in [5, 5.41) is 0. The third kappa shape index (κ3) is 3.75. The average molecular weight is 280 g/mol. The van der Waals surface area contributed by atoms with Crippen LogP contribution < -0.4 is 5.73 Å². The molecule has 0 bridgehead atoms. The SMILES string of the molecule is CC1CCCC(C)N(C(=O)CC2(CN)CCCCC2)C1. The Hall–Kier alpha value is -0.570. The lowest BCUT2D eigenvalue weighted by Crippen LogP contribution is -2.44. The van der Waals surface area contributed by atoms with E-state index in [1.54, 1.807) is 0 Å². The molecule has 1 aliphatic carbocycles. The number of hydrogen-bond acceptors (Lipinski definition) is 2. The number of carbonyl (C=O) groups excluding carboxylic acids is 1. The maximum atomic E-state index is 12.8. The Kier molecular flexibility index (Phi) is 5.48. The Morgan fingerprint density at radius 2 is 1.85 bits per heavy atom. The first-order chi connectivity index (χ1) is 9.56. The van der Waals surface area contributed by atoms with E-state index in [-0.39, 0.29) is 5.41 Å². The van der Waals surface area contributed by atoms with E-state index in [4.69, 9.17) is 5.73 Å². The molecular weight excluding hydrogens is 248 g/mol. The second-order valence-electron chi connectivity index (χ2n) is 7.37. The van der Waals surface area contributed by atoms with Gasteiger partial charge >= 0.3 is 0 Å². The molecule has 20 heavy (non-hydrogen) atoms.